The Kier molecular flexibility index (Phi) is 5.88. The van der Waals surface area contributed by atoms with Crippen molar-refractivity contribution in [2.75, 3.05) is 26.9 Å². The molecule has 0 atom stereocenters. The lowest BCUT2D eigenvalue weighted by atomic mass is 10.2. The van der Waals surface area contributed by atoms with Crippen LogP contribution in [-0.4, -0.2) is 42.9 Å². The maximum absolute atomic E-state index is 12.3. The van der Waals surface area contributed by atoms with Gasteiger partial charge in [0.2, 0.25) is 0 Å². The monoisotopic (exact) mass is 341 g/mol. The van der Waals surface area contributed by atoms with Crippen LogP contribution in [0, 0.1) is 0 Å². The average Bonchev–Trinajstić information content (AvgIpc) is 2.74. The number of thioether (sulfide) groups is 1. The standard InChI is InChI=1S/C15H16ClNO4S/c1-3-21-12-5-4-11(16)8-10(12)9-13-14(18)17(6-7-20-2)15(19)22-13/h4-5,8-9H,3,6-7H2,1-2H3/b13-9-. The highest BCUT2D eigenvalue weighted by molar-refractivity contribution is 8.18. The quantitative estimate of drug-likeness (QED) is 0.742. The molecule has 0 N–H and O–H groups in total. The molecule has 7 heteroatoms. The van der Waals surface area contributed by atoms with E-state index in [1.54, 1.807) is 24.3 Å². The van der Waals surface area contributed by atoms with E-state index in [9.17, 15) is 9.59 Å². The van der Waals surface area contributed by atoms with Gasteiger partial charge >= 0.3 is 0 Å². The van der Waals surface area contributed by atoms with E-state index in [1.165, 1.54) is 12.0 Å². The number of hydrogen-bond donors (Lipinski definition) is 0. The zero-order valence-corrected chi connectivity index (χ0v) is 13.9. The van der Waals surface area contributed by atoms with E-state index in [0.717, 1.165) is 11.8 Å². The SMILES string of the molecule is CCOc1ccc(Cl)cc1/C=C1\SC(=O)N(CCOC)C1=O. The first-order chi connectivity index (χ1) is 10.6. The van der Waals surface area contributed by atoms with Gasteiger partial charge in [-0.15, -0.1) is 0 Å². The largest absolute Gasteiger partial charge is 0.493 e. The number of nitrogens with zero attached hydrogens (tertiary/aromatic N) is 1. The van der Waals surface area contributed by atoms with Crippen LogP contribution >= 0.6 is 23.4 Å². The van der Waals surface area contributed by atoms with Crippen molar-refractivity contribution < 1.29 is 19.1 Å². The van der Waals surface area contributed by atoms with E-state index in [4.69, 9.17) is 21.1 Å². The van der Waals surface area contributed by atoms with Crippen molar-refractivity contribution in [3.8, 4) is 5.75 Å². The number of carbonyl (C=O) groups is 2. The summed E-state index contributed by atoms with van der Waals surface area (Å²) in [5, 5.41) is 0.238. The van der Waals surface area contributed by atoms with Gasteiger partial charge < -0.3 is 9.47 Å². The molecule has 22 heavy (non-hydrogen) atoms. The molecule has 0 spiro atoms. The lowest BCUT2D eigenvalue weighted by Gasteiger charge is -2.11. The first-order valence-corrected chi connectivity index (χ1v) is 7.93. The lowest BCUT2D eigenvalue weighted by molar-refractivity contribution is -0.123. The van der Waals surface area contributed by atoms with E-state index in [0.29, 0.717) is 34.5 Å². The highest BCUT2D eigenvalue weighted by atomic mass is 35.5. The first-order valence-electron chi connectivity index (χ1n) is 6.73. The van der Waals surface area contributed by atoms with Crippen LogP contribution in [0.15, 0.2) is 23.1 Å². The molecule has 0 aromatic heterocycles. The number of benzene rings is 1. The summed E-state index contributed by atoms with van der Waals surface area (Å²) in [6.45, 7) is 2.92. The number of amides is 2. The molecule has 118 valence electrons. The third-order valence-electron chi connectivity index (χ3n) is 2.95. The number of halogens is 1. The smallest absolute Gasteiger partial charge is 0.293 e. The second kappa shape index (κ2) is 7.67. The highest BCUT2D eigenvalue weighted by Gasteiger charge is 2.34. The van der Waals surface area contributed by atoms with Crippen LogP contribution in [0.5, 0.6) is 5.75 Å². The number of rotatable bonds is 6. The van der Waals surface area contributed by atoms with Crippen LogP contribution in [0.25, 0.3) is 6.08 Å². The van der Waals surface area contributed by atoms with Crippen molar-refractivity contribution in [1.82, 2.24) is 4.90 Å². The normalized spacial score (nSPS) is 16.7. The summed E-state index contributed by atoms with van der Waals surface area (Å²) in [7, 11) is 1.52. The Hall–Kier alpha value is -1.50. The van der Waals surface area contributed by atoms with Crippen LogP contribution in [0.3, 0.4) is 0 Å². The minimum atomic E-state index is -0.325. The minimum Gasteiger partial charge on any atom is -0.493 e. The van der Waals surface area contributed by atoms with Crippen molar-refractivity contribution in [2.45, 2.75) is 6.92 Å². The molecular weight excluding hydrogens is 326 g/mol. The van der Waals surface area contributed by atoms with E-state index < -0.39 is 0 Å². The molecule has 1 aliphatic rings. The molecule has 1 saturated heterocycles. The molecule has 0 bridgehead atoms. The third-order valence-corrected chi connectivity index (χ3v) is 4.09. The van der Waals surface area contributed by atoms with Crippen molar-refractivity contribution in [3.05, 3.63) is 33.7 Å². The summed E-state index contributed by atoms with van der Waals surface area (Å²) in [6.07, 6.45) is 1.63. The van der Waals surface area contributed by atoms with Crippen molar-refractivity contribution in [3.63, 3.8) is 0 Å². The van der Waals surface area contributed by atoms with Crippen LogP contribution in [-0.2, 0) is 9.53 Å². The van der Waals surface area contributed by atoms with Gasteiger partial charge in [0.1, 0.15) is 5.75 Å². The molecule has 0 unspecified atom stereocenters. The zero-order valence-electron chi connectivity index (χ0n) is 12.3. The minimum absolute atomic E-state index is 0.242. The first kappa shape index (κ1) is 16.9. The molecule has 0 aliphatic carbocycles. The molecule has 0 saturated carbocycles. The Morgan fingerprint density at radius 1 is 1.36 bits per heavy atom. The fourth-order valence-corrected chi connectivity index (χ4v) is 2.97. The maximum Gasteiger partial charge on any atom is 0.293 e. The molecule has 1 aromatic carbocycles. The second-order valence-corrected chi connectivity index (χ2v) is 5.87. The summed E-state index contributed by atoms with van der Waals surface area (Å²) < 4.78 is 10.4. The van der Waals surface area contributed by atoms with Crippen LogP contribution < -0.4 is 4.74 Å². The lowest BCUT2D eigenvalue weighted by Crippen LogP contribution is -2.31. The molecule has 1 fully saturated rings. The van der Waals surface area contributed by atoms with Crippen LogP contribution in [0.2, 0.25) is 5.02 Å². The second-order valence-electron chi connectivity index (χ2n) is 4.44. The van der Waals surface area contributed by atoms with Crippen molar-refractivity contribution >= 4 is 40.6 Å². The summed E-state index contributed by atoms with van der Waals surface area (Å²) in [6, 6.07) is 5.16. The van der Waals surface area contributed by atoms with Gasteiger partial charge in [0.15, 0.2) is 0 Å². The van der Waals surface area contributed by atoms with Gasteiger partial charge in [0.25, 0.3) is 11.1 Å². The summed E-state index contributed by atoms with van der Waals surface area (Å²) in [4.78, 5) is 25.7. The number of carbonyl (C=O) groups excluding carboxylic acids is 2. The molecular formula is C15H16ClNO4S. The predicted octanol–water partition coefficient (Wildman–Crippen LogP) is 3.42. The Bertz CT molecular complexity index is 618. The Morgan fingerprint density at radius 3 is 2.82 bits per heavy atom. The Morgan fingerprint density at radius 2 is 2.14 bits per heavy atom. The predicted molar refractivity (Wildman–Crippen MR) is 87.2 cm³/mol. The molecule has 2 amide bonds. The Balaban J connectivity index is 2.28. The third kappa shape index (κ3) is 3.82. The fourth-order valence-electron chi connectivity index (χ4n) is 1.94. The topological polar surface area (TPSA) is 55.8 Å². The van der Waals surface area contributed by atoms with Gasteiger partial charge in [0.05, 0.1) is 24.7 Å². The molecule has 1 heterocycles. The van der Waals surface area contributed by atoms with Crippen molar-refractivity contribution in [1.29, 1.82) is 0 Å². The van der Waals surface area contributed by atoms with E-state index >= 15 is 0 Å². The van der Waals surface area contributed by atoms with Crippen LogP contribution in [0.1, 0.15) is 12.5 Å². The van der Waals surface area contributed by atoms with Gasteiger partial charge in [0, 0.05) is 17.7 Å². The fraction of sp³-hybridized carbons (Fsp3) is 0.333. The van der Waals surface area contributed by atoms with E-state index in [1.807, 2.05) is 6.92 Å². The molecule has 1 aliphatic heterocycles. The van der Waals surface area contributed by atoms with Gasteiger partial charge in [-0.25, -0.2) is 0 Å². The summed E-state index contributed by atoms with van der Waals surface area (Å²) >= 11 is 6.90. The summed E-state index contributed by atoms with van der Waals surface area (Å²) in [5.74, 6) is 0.296. The Labute approximate surface area is 138 Å². The molecule has 5 nitrogen and oxygen atoms in total. The molecule has 1 aromatic rings. The molecule has 0 radical (unpaired) electrons. The molecule has 2 rings (SSSR count). The number of hydrogen-bond acceptors (Lipinski definition) is 5. The van der Waals surface area contributed by atoms with Gasteiger partial charge in [-0.2, -0.15) is 0 Å². The van der Waals surface area contributed by atoms with Crippen molar-refractivity contribution in [2.24, 2.45) is 0 Å². The number of methoxy groups -OCH3 is 1. The van der Waals surface area contributed by atoms with Gasteiger partial charge in [-0.05, 0) is 43.0 Å². The summed E-state index contributed by atoms with van der Waals surface area (Å²) in [5.41, 5.74) is 0.673. The van der Waals surface area contributed by atoms with E-state index in [2.05, 4.69) is 0 Å². The number of imide groups is 1. The van der Waals surface area contributed by atoms with Crippen LogP contribution in [0.4, 0.5) is 4.79 Å². The van der Waals surface area contributed by atoms with Gasteiger partial charge in [-0.1, -0.05) is 11.6 Å². The van der Waals surface area contributed by atoms with Gasteiger partial charge in [-0.3, -0.25) is 14.5 Å². The highest BCUT2D eigenvalue weighted by Crippen LogP contribution is 2.34. The average molecular weight is 342 g/mol. The number of ether oxygens (including phenoxy) is 2. The maximum atomic E-state index is 12.3. The zero-order chi connectivity index (χ0) is 16.1. The van der Waals surface area contributed by atoms with E-state index in [-0.39, 0.29) is 17.7 Å².